The first-order valence-corrected chi connectivity index (χ1v) is 12.5. The number of anilines is 1. The highest BCUT2D eigenvalue weighted by Gasteiger charge is 2.24. The van der Waals surface area contributed by atoms with Crippen molar-refractivity contribution in [3.8, 4) is 17.4 Å². The lowest BCUT2D eigenvalue weighted by Gasteiger charge is -2.14. The summed E-state index contributed by atoms with van der Waals surface area (Å²) in [5.74, 6) is -0.797. The average Bonchev–Trinajstić information content (AvgIpc) is 3.49. The lowest BCUT2D eigenvalue weighted by Crippen LogP contribution is -2.30. The standard InChI is InChI=1S/C22H14BrCl2F2N5O3S/c23-14-7-11(24)6-13(21(33)29-9-17(26)27)19(14)30-22(34)16-8-18(35-12-3-5-36-10-12)31-32(16)20-15(25)2-1-4-28-20/h1-8,10,17H,9H2,(H,29,33)(H,30,34). The third kappa shape index (κ3) is 6.01. The molecule has 0 aliphatic rings. The van der Waals surface area contributed by atoms with Gasteiger partial charge in [0.2, 0.25) is 5.88 Å². The van der Waals surface area contributed by atoms with Gasteiger partial charge in [0.25, 0.3) is 18.2 Å². The molecule has 0 spiro atoms. The van der Waals surface area contributed by atoms with E-state index in [4.69, 9.17) is 27.9 Å². The number of thiophene rings is 1. The van der Waals surface area contributed by atoms with Gasteiger partial charge in [0.05, 0.1) is 22.8 Å². The Bertz CT molecular complexity index is 1420. The Morgan fingerprint density at radius 3 is 2.69 bits per heavy atom. The second-order valence-electron chi connectivity index (χ2n) is 7.01. The molecule has 4 aromatic rings. The van der Waals surface area contributed by atoms with E-state index in [1.807, 2.05) is 5.38 Å². The number of pyridine rings is 1. The Labute approximate surface area is 225 Å². The van der Waals surface area contributed by atoms with Crippen molar-refractivity contribution in [3.63, 3.8) is 0 Å². The molecule has 3 heterocycles. The quantitative estimate of drug-likeness (QED) is 0.237. The molecule has 0 atom stereocenters. The molecule has 36 heavy (non-hydrogen) atoms. The minimum Gasteiger partial charge on any atom is -0.437 e. The van der Waals surface area contributed by atoms with Crippen LogP contribution in [0.2, 0.25) is 10.0 Å². The predicted octanol–water partition coefficient (Wildman–Crippen LogP) is 6.44. The van der Waals surface area contributed by atoms with Crippen molar-refractivity contribution in [1.29, 1.82) is 0 Å². The van der Waals surface area contributed by atoms with Crippen LogP contribution in [0.4, 0.5) is 14.5 Å². The number of carbonyl (C=O) groups excluding carboxylic acids is 2. The van der Waals surface area contributed by atoms with E-state index < -0.39 is 24.8 Å². The number of amides is 2. The van der Waals surface area contributed by atoms with Gasteiger partial charge in [0, 0.05) is 27.1 Å². The number of hydrogen-bond acceptors (Lipinski definition) is 6. The molecule has 0 saturated heterocycles. The molecule has 0 aliphatic carbocycles. The number of benzene rings is 1. The highest BCUT2D eigenvalue weighted by atomic mass is 79.9. The van der Waals surface area contributed by atoms with Gasteiger partial charge in [-0.05, 0) is 51.6 Å². The molecule has 8 nitrogen and oxygen atoms in total. The van der Waals surface area contributed by atoms with Crippen molar-refractivity contribution in [2.24, 2.45) is 0 Å². The molecule has 0 aliphatic heterocycles. The molecule has 0 unspecified atom stereocenters. The van der Waals surface area contributed by atoms with E-state index in [0.717, 1.165) is 0 Å². The monoisotopic (exact) mass is 615 g/mol. The summed E-state index contributed by atoms with van der Waals surface area (Å²) in [6.45, 7) is -0.870. The number of alkyl halides is 2. The second-order valence-corrected chi connectivity index (χ2v) is 9.49. The number of carbonyl (C=O) groups is 2. The molecule has 14 heteroatoms. The van der Waals surface area contributed by atoms with E-state index in [9.17, 15) is 18.4 Å². The molecule has 2 amide bonds. The Morgan fingerprint density at radius 1 is 1.19 bits per heavy atom. The van der Waals surface area contributed by atoms with Gasteiger partial charge in [0.15, 0.2) is 5.82 Å². The van der Waals surface area contributed by atoms with Crippen LogP contribution in [-0.2, 0) is 0 Å². The fourth-order valence-electron chi connectivity index (χ4n) is 3.02. The van der Waals surface area contributed by atoms with E-state index in [0.29, 0.717) is 5.75 Å². The molecular formula is C22H14BrCl2F2N5O3S. The largest absolute Gasteiger partial charge is 0.437 e. The van der Waals surface area contributed by atoms with E-state index in [2.05, 4.69) is 36.6 Å². The Kier molecular flexibility index (Phi) is 8.19. The van der Waals surface area contributed by atoms with Crippen LogP contribution in [0, 0.1) is 0 Å². The topological polar surface area (TPSA) is 98.1 Å². The number of ether oxygens (including phenoxy) is 1. The van der Waals surface area contributed by atoms with E-state index in [1.54, 1.807) is 23.6 Å². The molecule has 3 aromatic heterocycles. The van der Waals surface area contributed by atoms with Crippen LogP contribution in [0.15, 0.2) is 57.8 Å². The molecule has 4 rings (SSSR count). The number of halogens is 5. The number of nitrogens with one attached hydrogen (secondary N) is 2. The SMILES string of the molecule is O=C(NCC(F)F)c1cc(Cl)cc(Br)c1NC(=O)c1cc(Oc2ccsc2)nn1-c1ncccc1Cl. The van der Waals surface area contributed by atoms with Crippen LogP contribution in [0.1, 0.15) is 20.8 Å². The van der Waals surface area contributed by atoms with Crippen molar-refractivity contribution in [3.05, 3.63) is 79.1 Å². The van der Waals surface area contributed by atoms with Crippen molar-refractivity contribution in [2.45, 2.75) is 6.43 Å². The normalized spacial score (nSPS) is 10.9. The summed E-state index contributed by atoms with van der Waals surface area (Å²) in [7, 11) is 0. The van der Waals surface area contributed by atoms with Crippen LogP contribution >= 0.6 is 50.5 Å². The van der Waals surface area contributed by atoms with Crippen LogP contribution in [-0.4, -0.2) is 39.5 Å². The molecule has 0 bridgehead atoms. The Hall–Kier alpha value is -3.06. The maximum Gasteiger partial charge on any atom is 0.274 e. The van der Waals surface area contributed by atoms with Gasteiger partial charge >= 0.3 is 0 Å². The summed E-state index contributed by atoms with van der Waals surface area (Å²) in [6.07, 6.45) is -1.28. The summed E-state index contributed by atoms with van der Waals surface area (Å²) >= 11 is 17.0. The lowest BCUT2D eigenvalue weighted by molar-refractivity contribution is 0.0892. The molecule has 1 aromatic carbocycles. The minimum absolute atomic E-state index is 0.0105. The molecule has 0 saturated carbocycles. The Morgan fingerprint density at radius 2 is 2.00 bits per heavy atom. The van der Waals surface area contributed by atoms with Gasteiger partial charge in [-0.15, -0.1) is 16.4 Å². The zero-order valence-electron chi connectivity index (χ0n) is 17.8. The summed E-state index contributed by atoms with van der Waals surface area (Å²) in [4.78, 5) is 30.2. The number of nitrogens with zero attached hydrogens (tertiary/aromatic N) is 3. The fourth-order valence-corrected chi connectivity index (χ4v) is 4.68. The van der Waals surface area contributed by atoms with Gasteiger partial charge < -0.3 is 15.4 Å². The van der Waals surface area contributed by atoms with E-state index in [1.165, 1.54) is 40.4 Å². The molecule has 2 N–H and O–H groups in total. The summed E-state index contributed by atoms with van der Waals surface area (Å²) in [5.41, 5.74) is -0.141. The average molecular weight is 617 g/mol. The summed E-state index contributed by atoms with van der Waals surface area (Å²) in [6, 6.07) is 8.99. The first-order chi connectivity index (χ1) is 17.2. The van der Waals surface area contributed by atoms with Crippen molar-refractivity contribution in [1.82, 2.24) is 20.1 Å². The minimum atomic E-state index is -2.76. The first kappa shape index (κ1) is 26.0. The third-order valence-corrected chi connectivity index (χ3v) is 6.33. The molecule has 0 fully saturated rings. The van der Waals surface area contributed by atoms with Crippen LogP contribution in [0.3, 0.4) is 0 Å². The molecule has 0 radical (unpaired) electrons. The van der Waals surface area contributed by atoms with Crippen molar-refractivity contribution >= 4 is 68.0 Å². The molecule has 186 valence electrons. The maximum absolute atomic E-state index is 13.4. The fraction of sp³-hybridized carbons (Fsp3) is 0.0909. The zero-order valence-corrected chi connectivity index (χ0v) is 21.8. The van der Waals surface area contributed by atoms with E-state index >= 15 is 0 Å². The van der Waals surface area contributed by atoms with Crippen LogP contribution in [0.5, 0.6) is 11.6 Å². The number of aromatic nitrogens is 3. The van der Waals surface area contributed by atoms with Gasteiger partial charge in [-0.2, -0.15) is 0 Å². The first-order valence-electron chi connectivity index (χ1n) is 10.0. The number of hydrogen-bond donors (Lipinski definition) is 2. The van der Waals surface area contributed by atoms with Crippen LogP contribution < -0.4 is 15.4 Å². The highest BCUT2D eigenvalue weighted by molar-refractivity contribution is 9.10. The van der Waals surface area contributed by atoms with E-state index in [-0.39, 0.29) is 43.2 Å². The third-order valence-electron chi connectivity index (χ3n) is 4.53. The summed E-state index contributed by atoms with van der Waals surface area (Å²) < 4.78 is 32.4. The summed E-state index contributed by atoms with van der Waals surface area (Å²) in [5, 5.41) is 13.0. The highest BCUT2D eigenvalue weighted by Crippen LogP contribution is 2.32. The maximum atomic E-state index is 13.4. The van der Waals surface area contributed by atoms with Gasteiger partial charge in [-0.25, -0.2) is 18.4 Å². The smallest absolute Gasteiger partial charge is 0.274 e. The molecular weight excluding hydrogens is 603 g/mol. The van der Waals surface area contributed by atoms with Gasteiger partial charge in [-0.3, -0.25) is 9.59 Å². The Balaban J connectivity index is 1.72. The lowest BCUT2D eigenvalue weighted by atomic mass is 10.1. The number of rotatable bonds is 8. The predicted molar refractivity (Wildman–Crippen MR) is 136 cm³/mol. The van der Waals surface area contributed by atoms with Crippen molar-refractivity contribution in [2.75, 3.05) is 11.9 Å². The van der Waals surface area contributed by atoms with Crippen molar-refractivity contribution < 1.29 is 23.1 Å². The van der Waals surface area contributed by atoms with Gasteiger partial charge in [-0.1, -0.05) is 23.2 Å². The van der Waals surface area contributed by atoms with Gasteiger partial charge in [0.1, 0.15) is 11.4 Å². The zero-order chi connectivity index (χ0) is 25.8. The van der Waals surface area contributed by atoms with Crippen LogP contribution in [0.25, 0.3) is 5.82 Å². The second kappa shape index (κ2) is 11.3.